The number of fused-ring (bicyclic) bond motifs is 3. The number of aromatic nitrogens is 4. The fourth-order valence-corrected chi connectivity index (χ4v) is 3.09. The van der Waals surface area contributed by atoms with Gasteiger partial charge < -0.3 is 4.57 Å². The van der Waals surface area contributed by atoms with Gasteiger partial charge >= 0.3 is 0 Å². The van der Waals surface area contributed by atoms with Gasteiger partial charge in [-0.05, 0) is 5.92 Å². The molecule has 1 aliphatic heterocycles. The molecule has 4 nitrogen and oxygen atoms in total. The molecule has 0 spiro atoms. The summed E-state index contributed by atoms with van der Waals surface area (Å²) in [6, 6.07) is 0. The SMILES string of the molecule is CC[C@H]1CSc2nc3cncnc3n2C1. The molecule has 0 aliphatic carbocycles. The lowest BCUT2D eigenvalue weighted by Gasteiger charge is -2.21. The molecule has 3 rings (SSSR count). The number of rotatable bonds is 1. The molecule has 0 fully saturated rings. The van der Waals surface area contributed by atoms with E-state index in [-0.39, 0.29) is 0 Å². The van der Waals surface area contributed by atoms with Gasteiger partial charge in [0.25, 0.3) is 0 Å². The first-order valence-electron chi connectivity index (χ1n) is 5.17. The first-order valence-corrected chi connectivity index (χ1v) is 6.16. The number of hydrogen-bond acceptors (Lipinski definition) is 4. The Morgan fingerprint density at radius 1 is 1.60 bits per heavy atom. The minimum Gasteiger partial charge on any atom is -0.303 e. The van der Waals surface area contributed by atoms with E-state index in [1.165, 1.54) is 12.2 Å². The van der Waals surface area contributed by atoms with Crippen LogP contribution in [-0.4, -0.2) is 25.3 Å². The summed E-state index contributed by atoms with van der Waals surface area (Å²) >= 11 is 1.83. The van der Waals surface area contributed by atoms with Gasteiger partial charge in [-0.2, -0.15) is 0 Å². The van der Waals surface area contributed by atoms with Gasteiger partial charge in [0.05, 0.1) is 6.20 Å². The molecule has 0 radical (unpaired) electrons. The van der Waals surface area contributed by atoms with Crippen molar-refractivity contribution in [2.75, 3.05) is 5.75 Å². The maximum absolute atomic E-state index is 4.52. The number of nitrogens with zero attached hydrogens (tertiary/aromatic N) is 4. The number of hydrogen-bond donors (Lipinski definition) is 0. The Bertz CT molecular complexity index is 493. The number of thioether (sulfide) groups is 1. The Morgan fingerprint density at radius 3 is 3.40 bits per heavy atom. The Labute approximate surface area is 92.1 Å². The molecule has 0 unspecified atom stereocenters. The van der Waals surface area contributed by atoms with Crippen LogP contribution in [0.25, 0.3) is 11.2 Å². The molecule has 1 aliphatic rings. The zero-order chi connectivity index (χ0) is 10.3. The van der Waals surface area contributed by atoms with E-state index in [9.17, 15) is 0 Å². The molecule has 3 heterocycles. The van der Waals surface area contributed by atoms with Gasteiger partial charge in [-0.25, -0.2) is 15.0 Å². The highest BCUT2D eigenvalue weighted by atomic mass is 32.2. The van der Waals surface area contributed by atoms with Crippen LogP contribution >= 0.6 is 11.8 Å². The van der Waals surface area contributed by atoms with Crippen LogP contribution in [0.2, 0.25) is 0 Å². The summed E-state index contributed by atoms with van der Waals surface area (Å²) in [5.41, 5.74) is 1.89. The minimum atomic E-state index is 0.745. The smallest absolute Gasteiger partial charge is 0.170 e. The third kappa shape index (κ3) is 1.42. The summed E-state index contributed by atoms with van der Waals surface area (Å²) in [6.45, 7) is 3.29. The molecule has 78 valence electrons. The van der Waals surface area contributed by atoms with E-state index in [1.807, 2.05) is 11.8 Å². The van der Waals surface area contributed by atoms with Crippen molar-refractivity contribution in [2.24, 2.45) is 5.92 Å². The van der Waals surface area contributed by atoms with Crippen LogP contribution < -0.4 is 0 Å². The first kappa shape index (κ1) is 9.15. The normalized spacial score (nSPS) is 20.5. The van der Waals surface area contributed by atoms with Crippen molar-refractivity contribution < 1.29 is 0 Å². The second kappa shape index (κ2) is 3.48. The highest BCUT2D eigenvalue weighted by molar-refractivity contribution is 7.99. The Hall–Kier alpha value is -1.10. The molecule has 2 aromatic heterocycles. The average molecular weight is 220 g/mol. The molecule has 0 bridgehead atoms. The quantitative estimate of drug-likeness (QED) is 0.737. The van der Waals surface area contributed by atoms with Crippen LogP contribution in [0.3, 0.4) is 0 Å². The third-order valence-corrected chi connectivity index (χ3v) is 4.05. The molecule has 0 saturated carbocycles. The number of imidazole rings is 1. The summed E-state index contributed by atoms with van der Waals surface area (Å²) in [4.78, 5) is 12.8. The van der Waals surface area contributed by atoms with Gasteiger partial charge in [0.2, 0.25) is 0 Å². The van der Waals surface area contributed by atoms with E-state index >= 15 is 0 Å². The maximum Gasteiger partial charge on any atom is 0.170 e. The van der Waals surface area contributed by atoms with E-state index in [4.69, 9.17) is 0 Å². The molecular weight excluding hydrogens is 208 g/mol. The molecular formula is C10H12N4S. The minimum absolute atomic E-state index is 0.745. The molecule has 0 amide bonds. The molecule has 2 aromatic rings. The topological polar surface area (TPSA) is 43.6 Å². The Balaban J connectivity index is 2.14. The molecule has 5 heteroatoms. The average Bonchev–Trinajstić information content (AvgIpc) is 2.66. The van der Waals surface area contributed by atoms with Crippen molar-refractivity contribution >= 4 is 22.9 Å². The van der Waals surface area contributed by atoms with E-state index in [0.29, 0.717) is 0 Å². The van der Waals surface area contributed by atoms with Gasteiger partial charge in [-0.1, -0.05) is 25.1 Å². The second-order valence-electron chi connectivity index (χ2n) is 3.82. The molecule has 15 heavy (non-hydrogen) atoms. The van der Waals surface area contributed by atoms with E-state index in [2.05, 4.69) is 26.4 Å². The van der Waals surface area contributed by atoms with Crippen LogP contribution in [0.4, 0.5) is 0 Å². The van der Waals surface area contributed by atoms with Gasteiger partial charge in [0.1, 0.15) is 11.8 Å². The van der Waals surface area contributed by atoms with Crippen molar-refractivity contribution in [2.45, 2.75) is 25.0 Å². The van der Waals surface area contributed by atoms with Crippen LogP contribution in [0.5, 0.6) is 0 Å². The second-order valence-corrected chi connectivity index (χ2v) is 4.81. The summed E-state index contributed by atoms with van der Waals surface area (Å²) in [6.07, 6.45) is 4.60. The fourth-order valence-electron chi connectivity index (χ4n) is 1.88. The first-order chi connectivity index (χ1) is 7.38. The van der Waals surface area contributed by atoms with Crippen molar-refractivity contribution in [3.63, 3.8) is 0 Å². The van der Waals surface area contributed by atoms with Crippen molar-refractivity contribution in [1.82, 2.24) is 19.5 Å². The largest absolute Gasteiger partial charge is 0.303 e. The van der Waals surface area contributed by atoms with Gasteiger partial charge in [0.15, 0.2) is 10.8 Å². The molecule has 0 aromatic carbocycles. The summed E-state index contributed by atoms with van der Waals surface area (Å²) in [5, 5.41) is 1.09. The zero-order valence-electron chi connectivity index (χ0n) is 8.55. The van der Waals surface area contributed by atoms with Gasteiger partial charge in [-0.3, -0.25) is 0 Å². The predicted molar refractivity (Wildman–Crippen MR) is 59.8 cm³/mol. The molecule has 1 atom stereocenters. The fraction of sp³-hybridized carbons (Fsp3) is 0.500. The monoisotopic (exact) mass is 220 g/mol. The standard InChI is InChI=1S/C10H12N4S/c1-2-7-4-14-9-8(3-11-6-12-9)13-10(14)15-5-7/h3,6-7H,2,4-5H2,1H3/t7-/m1/s1. The highest BCUT2D eigenvalue weighted by Crippen LogP contribution is 2.31. The van der Waals surface area contributed by atoms with E-state index in [0.717, 1.165) is 28.8 Å². The van der Waals surface area contributed by atoms with Crippen molar-refractivity contribution in [3.05, 3.63) is 12.5 Å². The zero-order valence-corrected chi connectivity index (χ0v) is 9.37. The van der Waals surface area contributed by atoms with E-state index in [1.54, 1.807) is 12.5 Å². The van der Waals surface area contributed by atoms with Gasteiger partial charge in [0, 0.05) is 12.3 Å². The highest BCUT2D eigenvalue weighted by Gasteiger charge is 2.21. The predicted octanol–water partition coefficient (Wildman–Crippen LogP) is 1.96. The van der Waals surface area contributed by atoms with Crippen molar-refractivity contribution in [1.29, 1.82) is 0 Å². The van der Waals surface area contributed by atoms with Crippen LogP contribution in [0.15, 0.2) is 17.7 Å². The van der Waals surface area contributed by atoms with Gasteiger partial charge in [-0.15, -0.1) is 0 Å². The van der Waals surface area contributed by atoms with E-state index < -0.39 is 0 Å². The van der Waals surface area contributed by atoms with Crippen LogP contribution in [0, 0.1) is 5.92 Å². The maximum atomic E-state index is 4.52. The lowest BCUT2D eigenvalue weighted by atomic mass is 10.1. The lowest BCUT2D eigenvalue weighted by molar-refractivity contribution is 0.447. The Kier molecular flexibility index (Phi) is 2.12. The Morgan fingerprint density at radius 2 is 2.53 bits per heavy atom. The van der Waals surface area contributed by atoms with Crippen LogP contribution in [-0.2, 0) is 6.54 Å². The van der Waals surface area contributed by atoms with Crippen LogP contribution in [0.1, 0.15) is 13.3 Å². The van der Waals surface area contributed by atoms with Crippen molar-refractivity contribution in [3.8, 4) is 0 Å². The third-order valence-electron chi connectivity index (χ3n) is 2.84. The molecule has 0 saturated heterocycles. The lowest BCUT2D eigenvalue weighted by Crippen LogP contribution is -2.18. The molecule has 0 N–H and O–H groups in total. The summed E-state index contributed by atoms with van der Waals surface area (Å²) in [7, 11) is 0. The summed E-state index contributed by atoms with van der Waals surface area (Å²) in [5.74, 6) is 1.92. The summed E-state index contributed by atoms with van der Waals surface area (Å²) < 4.78 is 2.22.